The van der Waals surface area contributed by atoms with Gasteiger partial charge in [0.2, 0.25) is 5.88 Å². The lowest BCUT2D eigenvalue weighted by Gasteiger charge is -2.27. The normalized spacial score (nSPS) is 15.1. The first kappa shape index (κ1) is 20.3. The molecule has 1 unspecified atom stereocenters. The fourth-order valence-electron chi connectivity index (χ4n) is 3.91. The van der Waals surface area contributed by atoms with Crippen molar-refractivity contribution in [2.45, 2.75) is 26.3 Å². The Morgan fingerprint density at radius 1 is 1.16 bits per heavy atom. The van der Waals surface area contributed by atoms with E-state index in [9.17, 15) is 10.1 Å². The van der Waals surface area contributed by atoms with Gasteiger partial charge in [0.25, 0.3) is 5.56 Å². The topological polar surface area (TPSA) is 90.3 Å². The smallest absolute Gasteiger partial charge is 0.259 e. The Morgan fingerprint density at radius 2 is 1.87 bits per heavy atom. The predicted octanol–water partition coefficient (Wildman–Crippen LogP) is 3.82. The van der Waals surface area contributed by atoms with Gasteiger partial charge in [-0.3, -0.25) is 4.79 Å². The Kier molecular flexibility index (Phi) is 5.50. The average molecular weight is 413 g/mol. The third kappa shape index (κ3) is 3.78. The van der Waals surface area contributed by atoms with Crippen LogP contribution in [-0.4, -0.2) is 11.2 Å². The summed E-state index contributed by atoms with van der Waals surface area (Å²) in [5.41, 5.74) is 9.06. The molecule has 0 radical (unpaired) electrons. The van der Waals surface area contributed by atoms with Gasteiger partial charge in [-0.05, 0) is 37.1 Å². The number of benzene rings is 2. The first-order valence-electron chi connectivity index (χ1n) is 10.1. The van der Waals surface area contributed by atoms with E-state index < -0.39 is 5.92 Å². The second-order valence-electron chi connectivity index (χ2n) is 7.37. The second-order valence-corrected chi connectivity index (χ2v) is 7.37. The molecule has 1 aromatic heterocycles. The van der Waals surface area contributed by atoms with Gasteiger partial charge in [0, 0.05) is 11.8 Å². The zero-order chi connectivity index (χ0) is 22.0. The van der Waals surface area contributed by atoms with Crippen LogP contribution < -0.4 is 20.8 Å². The van der Waals surface area contributed by atoms with Gasteiger partial charge in [0.1, 0.15) is 23.1 Å². The maximum absolute atomic E-state index is 13.6. The minimum atomic E-state index is -0.612. The average Bonchev–Trinajstić information content (AvgIpc) is 2.77. The summed E-state index contributed by atoms with van der Waals surface area (Å²) in [7, 11) is 0. The standard InChI is InChI=1S/C25H23N3O3/c1-3-30-19-11-9-18(10-12-19)22-20(14-26)24(27)31-21-13-16(2)28(25(29)23(21)22)15-17-7-5-4-6-8-17/h4-13,22H,3,15,27H2,1-2H3. The summed E-state index contributed by atoms with van der Waals surface area (Å²) in [5, 5.41) is 9.81. The molecule has 0 bridgehead atoms. The maximum Gasteiger partial charge on any atom is 0.259 e. The molecule has 0 saturated carbocycles. The van der Waals surface area contributed by atoms with Crippen molar-refractivity contribution in [1.82, 2.24) is 4.57 Å². The van der Waals surface area contributed by atoms with Crippen molar-refractivity contribution in [3.8, 4) is 17.6 Å². The minimum absolute atomic E-state index is 0.0218. The Bertz CT molecular complexity index is 1240. The van der Waals surface area contributed by atoms with Gasteiger partial charge in [-0.1, -0.05) is 42.5 Å². The first-order valence-corrected chi connectivity index (χ1v) is 10.1. The van der Waals surface area contributed by atoms with Gasteiger partial charge >= 0.3 is 0 Å². The number of aryl methyl sites for hydroxylation is 1. The molecular formula is C25H23N3O3. The van der Waals surface area contributed by atoms with Crippen molar-refractivity contribution < 1.29 is 9.47 Å². The van der Waals surface area contributed by atoms with E-state index in [0.717, 1.165) is 22.6 Å². The van der Waals surface area contributed by atoms with E-state index >= 15 is 0 Å². The Labute approximate surface area is 180 Å². The van der Waals surface area contributed by atoms with E-state index in [1.165, 1.54) is 0 Å². The number of aromatic nitrogens is 1. The lowest BCUT2D eigenvalue weighted by atomic mass is 9.84. The van der Waals surface area contributed by atoms with Crippen molar-refractivity contribution in [3.63, 3.8) is 0 Å². The number of pyridine rings is 1. The molecule has 31 heavy (non-hydrogen) atoms. The van der Waals surface area contributed by atoms with Crippen LogP contribution in [0.5, 0.6) is 11.5 Å². The van der Waals surface area contributed by atoms with Gasteiger partial charge in [0.05, 0.1) is 24.6 Å². The quantitative estimate of drug-likeness (QED) is 0.687. The molecular weight excluding hydrogens is 390 g/mol. The molecule has 0 saturated heterocycles. The number of rotatable bonds is 5. The predicted molar refractivity (Wildman–Crippen MR) is 118 cm³/mol. The van der Waals surface area contributed by atoms with E-state index in [1.807, 2.05) is 74.5 Å². The molecule has 3 aromatic rings. The monoisotopic (exact) mass is 413 g/mol. The number of hydrogen-bond acceptors (Lipinski definition) is 5. The van der Waals surface area contributed by atoms with Crippen molar-refractivity contribution in [3.05, 3.63) is 105 Å². The largest absolute Gasteiger partial charge is 0.494 e. The van der Waals surface area contributed by atoms with Gasteiger partial charge in [0.15, 0.2) is 0 Å². The molecule has 2 N–H and O–H groups in total. The lowest BCUT2D eigenvalue weighted by Crippen LogP contribution is -2.33. The van der Waals surface area contributed by atoms with Crippen LogP contribution in [0.1, 0.15) is 35.2 Å². The zero-order valence-corrected chi connectivity index (χ0v) is 17.5. The van der Waals surface area contributed by atoms with E-state index in [1.54, 1.807) is 4.57 Å². The number of ether oxygens (including phenoxy) is 2. The van der Waals surface area contributed by atoms with Crippen LogP contribution in [0.15, 0.2) is 76.9 Å². The van der Waals surface area contributed by atoms with Crippen LogP contribution in [0.4, 0.5) is 0 Å². The number of allylic oxidation sites excluding steroid dienone is 1. The van der Waals surface area contributed by atoms with Crippen LogP contribution in [0.2, 0.25) is 0 Å². The molecule has 6 heteroatoms. The molecule has 0 amide bonds. The van der Waals surface area contributed by atoms with Crippen molar-refractivity contribution in [1.29, 1.82) is 5.26 Å². The summed E-state index contributed by atoms with van der Waals surface area (Å²) < 4.78 is 12.9. The molecule has 0 fully saturated rings. The van der Waals surface area contributed by atoms with E-state index in [2.05, 4.69) is 6.07 Å². The number of nitriles is 1. The Morgan fingerprint density at radius 3 is 2.52 bits per heavy atom. The molecule has 2 aromatic carbocycles. The van der Waals surface area contributed by atoms with Crippen LogP contribution in [0.3, 0.4) is 0 Å². The molecule has 6 nitrogen and oxygen atoms in total. The van der Waals surface area contributed by atoms with Gasteiger partial charge in [-0.15, -0.1) is 0 Å². The summed E-state index contributed by atoms with van der Waals surface area (Å²) in [5.74, 6) is 0.523. The Hall–Kier alpha value is -3.98. The summed E-state index contributed by atoms with van der Waals surface area (Å²) in [4.78, 5) is 13.6. The van der Waals surface area contributed by atoms with E-state index in [0.29, 0.717) is 24.5 Å². The molecule has 1 atom stereocenters. The second kappa shape index (κ2) is 8.41. The van der Waals surface area contributed by atoms with Crippen molar-refractivity contribution in [2.75, 3.05) is 6.61 Å². The van der Waals surface area contributed by atoms with Crippen molar-refractivity contribution >= 4 is 0 Å². The molecule has 0 spiro atoms. The number of hydrogen-bond donors (Lipinski definition) is 1. The van der Waals surface area contributed by atoms with Gasteiger partial charge < -0.3 is 19.8 Å². The lowest BCUT2D eigenvalue weighted by molar-refractivity contribution is 0.340. The molecule has 4 rings (SSSR count). The first-order chi connectivity index (χ1) is 15.0. The highest BCUT2D eigenvalue weighted by molar-refractivity contribution is 5.55. The van der Waals surface area contributed by atoms with Crippen molar-refractivity contribution in [2.24, 2.45) is 5.73 Å². The highest BCUT2D eigenvalue weighted by atomic mass is 16.5. The molecule has 1 aliphatic rings. The maximum atomic E-state index is 13.6. The van der Waals surface area contributed by atoms with Gasteiger partial charge in [-0.2, -0.15) is 5.26 Å². The van der Waals surface area contributed by atoms with Gasteiger partial charge in [-0.25, -0.2) is 0 Å². The third-order valence-corrected chi connectivity index (χ3v) is 5.40. The summed E-state index contributed by atoms with van der Waals surface area (Å²) in [6, 6.07) is 21.1. The van der Waals surface area contributed by atoms with Crippen LogP contribution in [0.25, 0.3) is 0 Å². The highest BCUT2D eigenvalue weighted by Crippen LogP contribution is 2.40. The molecule has 0 aliphatic carbocycles. The zero-order valence-electron chi connectivity index (χ0n) is 17.5. The summed E-state index contributed by atoms with van der Waals surface area (Å²) in [6.07, 6.45) is 0. The SMILES string of the molecule is CCOc1ccc(C2C(C#N)=C(N)Oc3cc(C)n(Cc4ccccc4)c(=O)c32)cc1. The van der Waals surface area contributed by atoms with E-state index in [4.69, 9.17) is 15.2 Å². The third-order valence-electron chi connectivity index (χ3n) is 5.40. The molecule has 156 valence electrons. The fourth-order valence-corrected chi connectivity index (χ4v) is 3.91. The van der Waals surface area contributed by atoms with E-state index in [-0.39, 0.29) is 17.0 Å². The number of nitrogens with two attached hydrogens (primary N) is 1. The number of fused-ring (bicyclic) bond motifs is 1. The summed E-state index contributed by atoms with van der Waals surface area (Å²) >= 11 is 0. The minimum Gasteiger partial charge on any atom is -0.494 e. The molecule has 2 heterocycles. The van der Waals surface area contributed by atoms with Crippen LogP contribution >= 0.6 is 0 Å². The fraction of sp³-hybridized carbons (Fsp3) is 0.200. The highest BCUT2D eigenvalue weighted by Gasteiger charge is 2.34. The molecule has 1 aliphatic heterocycles. The Balaban J connectivity index is 1.87. The number of nitrogens with zero attached hydrogens (tertiary/aromatic N) is 2. The van der Waals surface area contributed by atoms with Crippen LogP contribution in [-0.2, 0) is 6.54 Å². The summed E-state index contributed by atoms with van der Waals surface area (Å²) in [6.45, 7) is 4.76. The van der Waals surface area contributed by atoms with Crippen LogP contribution in [0, 0.1) is 18.3 Å².